The third-order valence-corrected chi connectivity index (χ3v) is 2.81. The summed E-state index contributed by atoms with van der Waals surface area (Å²) in [5.41, 5.74) is 1.55. The van der Waals surface area contributed by atoms with Gasteiger partial charge in [0.1, 0.15) is 0 Å². The topological polar surface area (TPSA) is 78.4 Å². The van der Waals surface area contributed by atoms with Gasteiger partial charge < -0.3 is 15.7 Å². The molecular weight excluding hydrogens is 256 g/mol. The van der Waals surface area contributed by atoms with E-state index >= 15 is 0 Å². The summed E-state index contributed by atoms with van der Waals surface area (Å²) in [5, 5.41) is 14.3. The van der Waals surface area contributed by atoms with Crippen molar-refractivity contribution in [3.05, 3.63) is 35.4 Å². The summed E-state index contributed by atoms with van der Waals surface area (Å²) in [6.45, 7) is 4.08. The molecule has 0 aliphatic heterocycles. The summed E-state index contributed by atoms with van der Waals surface area (Å²) < 4.78 is 0. The summed E-state index contributed by atoms with van der Waals surface area (Å²) in [6, 6.07) is 7.20. The minimum absolute atomic E-state index is 0.0402. The van der Waals surface area contributed by atoms with E-state index in [1.54, 1.807) is 25.1 Å². The van der Waals surface area contributed by atoms with E-state index in [1.807, 2.05) is 13.0 Å². The Morgan fingerprint density at radius 2 is 2.05 bits per heavy atom. The van der Waals surface area contributed by atoms with E-state index in [0.717, 1.165) is 12.0 Å². The van der Waals surface area contributed by atoms with Crippen LogP contribution in [0, 0.1) is 6.92 Å². The van der Waals surface area contributed by atoms with Crippen LogP contribution >= 0.6 is 0 Å². The van der Waals surface area contributed by atoms with Gasteiger partial charge in [-0.25, -0.2) is 0 Å². The summed E-state index contributed by atoms with van der Waals surface area (Å²) in [7, 11) is 0. The van der Waals surface area contributed by atoms with Crippen LogP contribution in [-0.2, 0) is 4.79 Å². The molecule has 110 valence electrons. The van der Waals surface area contributed by atoms with Gasteiger partial charge in [0.15, 0.2) is 0 Å². The molecule has 0 saturated carbocycles. The molecule has 0 saturated heterocycles. The number of carbonyl (C=O) groups excluding carboxylic acids is 2. The Labute approximate surface area is 119 Å². The van der Waals surface area contributed by atoms with Gasteiger partial charge in [-0.15, -0.1) is 0 Å². The third-order valence-electron chi connectivity index (χ3n) is 2.81. The standard InChI is InChI=1S/C15H22N2O3/c1-11-5-3-7-13(9-11)15(20)17-10-14(19)16-8-4-6-12(2)18/h3,5,7,9,12,18H,4,6,8,10H2,1-2H3,(H,16,19)(H,17,20). The number of hydrogen-bond donors (Lipinski definition) is 3. The molecule has 0 bridgehead atoms. The van der Waals surface area contributed by atoms with Crippen molar-refractivity contribution in [3.63, 3.8) is 0 Å². The minimum Gasteiger partial charge on any atom is -0.393 e. The van der Waals surface area contributed by atoms with Crippen LogP contribution in [0.4, 0.5) is 0 Å². The number of hydrogen-bond acceptors (Lipinski definition) is 3. The van der Waals surface area contributed by atoms with Gasteiger partial charge >= 0.3 is 0 Å². The summed E-state index contributed by atoms with van der Waals surface area (Å²) in [5.74, 6) is -0.482. The van der Waals surface area contributed by atoms with Gasteiger partial charge in [0, 0.05) is 12.1 Å². The van der Waals surface area contributed by atoms with Crippen LogP contribution in [-0.4, -0.2) is 36.1 Å². The molecule has 0 spiro atoms. The maximum atomic E-state index is 11.8. The van der Waals surface area contributed by atoms with E-state index in [0.29, 0.717) is 18.5 Å². The molecule has 0 radical (unpaired) electrons. The number of nitrogens with one attached hydrogen (secondary N) is 2. The molecule has 2 amide bonds. The predicted octanol–water partition coefficient (Wildman–Crippen LogP) is 1.00. The molecule has 0 fully saturated rings. The molecule has 20 heavy (non-hydrogen) atoms. The van der Waals surface area contributed by atoms with E-state index < -0.39 is 0 Å². The van der Waals surface area contributed by atoms with Crippen LogP contribution in [0.1, 0.15) is 35.7 Å². The Balaban J connectivity index is 2.25. The summed E-state index contributed by atoms with van der Waals surface area (Å²) in [6.07, 6.45) is 1.01. The molecule has 0 aliphatic carbocycles. The Morgan fingerprint density at radius 1 is 1.30 bits per heavy atom. The first-order valence-electron chi connectivity index (χ1n) is 6.78. The molecule has 1 rings (SSSR count). The highest BCUT2D eigenvalue weighted by atomic mass is 16.3. The van der Waals surface area contributed by atoms with Crippen molar-refractivity contribution in [2.24, 2.45) is 0 Å². The molecule has 0 aromatic heterocycles. The SMILES string of the molecule is Cc1cccc(C(=O)NCC(=O)NCCCC(C)O)c1. The van der Waals surface area contributed by atoms with E-state index in [4.69, 9.17) is 5.11 Å². The molecule has 1 atom stereocenters. The first kappa shape index (κ1) is 16.2. The lowest BCUT2D eigenvalue weighted by atomic mass is 10.1. The molecule has 5 nitrogen and oxygen atoms in total. The van der Waals surface area contributed by atoms with Crippen molar-refractivity contribution in [1.29, 1.82) is 0 Å². The monoisotopic (exact) mass is 278 g/mol. The summed E-state index contributed by atoms with van der Waals surface area (Å²) in [4.78, 5) is 23.3. The fourth-order valence-corrected chi connectivity index (χ4v) is 1.74. The number of benzene rings is 1. The van der Waals surface area contributed by atoms with Crippen LogP contribution in [0.2, 0.25) is 0 Å². The molecular formula is C15H22N2O3. The number of rotatable bonds is 7. The first-order valence-corrected chi connectivity index (χ1v) is 6.78. The maximum absolute atomic E-state index is 11.8. The highest BCUT2D eigenvalue weighted by molar-refractivity contribution is 5.96. The lowest BCUT2D eigenvalue weighted by Crippen LogP contribution is -2.37. The number of aliphatic hydroxyl groups is 1. The Kier molecular flexibility index (Phi) is 6.73. The normalized spacial score (nSPS) is 11.8. The molecule has 5 heteroatoms. The number of amides is 2. The minimum atomic E-state index is -0.354. The fraction of sp³-hybridized carbons (Fsp3) is 0.467. The zero-order valence-electron chi connectivity index (χ0n) is 12.0. The average Bonchev–Trinajstić information content (AvgIpc) is 2.40. The van der Waals surface area contributed by atoms with Crippen LogP contribution < -0.4 is 10.6 Å². The number of aryl methyl sites for hydroxylation is 1. The maximum Gasteiger partial charge on any atom is 0.251 e. The molecule has 1 unspecified atom stereocenters. The lowest BCUT2D eigenvalue weighted by Gasteiger charge is -2.08. The van der Waals surface area contributed by atoms with Crippen molar-refractivity contribution < 1.29 is 14.7 Å². The second-order valence-electron chi connectivity index (χ2n) is 4.89. The molecule has 3 N–H and O–H groups in total. The van der Waals surface area contributed by atoms with Crippen molar-refractivity contribution >= 4 is 11.8 Å². The molecule has 1 aromatic carbocycles. The van der Waals surface area contributed by atoms with Gasteiger partial charge in [-0.1, -0.05) is 17.7 Å². The Bertz CT molecular complexity index is 458. The van der Waals surface area contributed by atoms with Gasteiger partial charge in [0.2, 0.25) is 5.91 Å². The van der Waals surface area contributed by atoms with E-state index in [9.17, 15) is 9.59 Å². The second kappa shape index (κ2) is 8.32. The zero-order chi connectivity index (χ0) is 15.0. The van der Waals surface area contributed by atoms with Crippen molar-refractivity contribution in [1.82, 2.24) is 10.6 Å². The smallest absolute Gasteiger partial charge is 0.251 e. The van der Waals surface area contributed by atoms with Crippen LogP contribution in [0.5, 0.6) is 0 Å². The van der Waals surface area contributed by atoms with E-state index in [2.05, 4.69) is 10.6 Å². The van der Waals surface area contributed by atoms with Gasteiger partial charge in [-0.3, -0.25) is 9.59 Å². The van der Waals surface area contributed by atoms with Crippen molar-refractivity contribution in [3.8, 4) is 0 Å². The first-order chi connectivity index (χ1) is 9.49. The van der Waals surface area contributed by atoms with Crippen molar-refractivity contribution in [2.45, 2.75) is 32.8 Å². The van der Waals surface area contributed by atoms with Crippen molar-refractivity contribution in [2.75, 3.05) is 13.1 Å². The number of carbonyl (C=O) groups is 2. The van der Waals surface area contributed by atoms with Gasteiger partial charge in [0.25, 0.3) is 5.91 Å². The Hall–Kier alpha value is -1.88. The van der Waals surface area contributed by atoms with E-state index in [-0.39, 0.29) is 24.5 Å². The van der Waals surface area contributed by atoms with Gasteiger partial charge in [-0.05, 0) is 38.8 Å². The lowest BCUT2D eigenvalue weighted by molar-refractivity contribution is -0.120. The molecule has 1 aromatic rings. The fourth-order valence-electron chi connectivity index (χ4n) is 1.74. The zero-order valence-corrected chi connectivity index (χ0v) is 12.0. The Morgan fingerprint density at radius 3 is 2.70 bits per heavy atom. The highest BCUT2D eigenvalue weighted by Crippen LogP contribution is 2.03. The van der Waals surface area contributed by atoms with E-state index in [1.165, 1.54) is 0 Å². The summed E-state index contributed by atoms with van der Waals surface area (Å²) >= 11 is 0. The van der Waals surface area contributed by atoms with Crippen LogP contribution in [0.3, 0.4) is 0 Å². The van der Waals surface area contributed by atoms with Crippen LogP contribution in [0.15, 0.2) is 24.3 Å². The average molecular weight is 278 g/mol. The quantitative estimate of drug-likeness (QED) is 0.651. The van der Waals surface area contributed by atoms with Crippen LogP contribution in [0.25, 0.3) is 0 Å². The molecule has 0 aliphatic rings. The second-order valence-corrected chi connectivity index (χ2v) is 4.89. The molecule has 0 heterocycles. The van der Waals surface area contributed by atoms with Gasteiger partial charge in [-0.2, -0.15) is 0 Å². The highest BCUT2D eigenvalue weighted by Gasteiger charge is 2.07. The number of aliphatic hydroxyl groups excluding tert-OH is 1. The van der Waals surface area contributed by atoms with Gasteiger partial charge in [0.05, 0.1) is 12.6 Å². The largest absolute Gasteiger partial charge is 0.393 e. The third kappa shape index (κ3) is 6.33. The predicted molar refractivity (Wildman–Crippen MR) is 77.4 cm³/mol.